The van der Waals surface area contributed by atoms with Crippen LogP contribution >= 0.6 is 11.8 Å². The Morgan fingerprint density at radius 2 is 2.24 bits per heavy atom. The van der Waals surface area contributed by atoms with Crippen molar-refractivity contribution in [2.75, 3.05) is 25.1 Å². The third-order valence-electron chi connectivity index (χ3n) is 2.90. The van der Waals surface area contributed by atoms with Crippen molar-refractivity contribution in [1.29, 1.82) is 0 Å². The van der Waals surface area contributed by atoms with Crippen molar-refractivity contribution >= 4 is 17.5 Å². The van der Waals surface area contributed by atoms with E-state index in [2.05, 4.69) is 0 Å². The van der Waals surface area contributed by atoms with Gasteiger partial charge in [-0.15, -0.1) is 0 Å². The molecule has 1 aliphatic heterocycles. The topological polar surface area (TPSA) is 20.3 Å². The standard InChI is InChI=1S/C12H13F2NOS/c1-15-4-5-17-7-11(15)12(16)9-3-2-8(13)6-10(9)14/h2-3,6,11H,4-5,7H2,1H3. The molecule has 0 radical (unpaired) electrons. The summed E-state index contributed by atoms with van der Waals surface area (Å²) in [6.45, 7) is 0.809. The van der Waals surface area contributed by atoms with Gasteiger partial charge in [0, 0.05) is 24.1 Å². The normalized spacial score (nSPS) is 21.5. The molecule has 1 fully saturated rings. The van der Waals surface area contributed by atoms with Crippen molar-refractivity contribution in [2.24, 2.45) is 0 Å². The van der Waals surface area contributed by atoms with Gasteiger partial charge in [-0.2, -0.15) is 11.8 Å². The van der Waals surface area contributed by atoms with E-state index in [0.29, 0.717) is 5.75 Å². The first-order valence-electron chi connectivity index (χ1n) is 5.37. The lowest BCUT2D eigenvalue weighted by molar-refractivity contribution is 0.0870. The SMILES string of the molecule is CN1CCSCC1C(=O)c1ccc(F)cc1F. The van der Waals surface area contributed by atoms with Crippen LogP contribution in [0.1, 0.15) is 10.4 Å². The zero-order valence-electron chi connectivity index (χ0n) is 9.45. The van der Waals surface area contributed by atoms with Crippen LogP contribution in [0.3, 0.4) is 0 Å². The van der Waals surface area contributed by atoms with Gasteiger partial charge in [-0.25, -0.2) is 8.78 Å². The highest BCUT2D eigenvalue weighted by molar-refractivity contribution is 7.99. The Balaban J connectivity index is 2.24. The summed E-state index contributed by atoms with van der Waals surface area (Å²) in [4.78, 5) is 14.0. The lowest BCUT2D eigenvalue weighted by Crippen LogP contribution is -2.45. The Labute approximate surface area is 103 Å². The molecule has 1 unspecified atom stereocenters. The summed E-state index contributed by atoms with van der Waals surface area (Å²) < 4.78 is 26.3. The van der Waals surface area contributed by atoms with E-state index in [9.17, 15) is 13.6 Å². The Hall–Kier alpha value is -0.940. The predicted molar refractivity (Wildman–Crippen MR) is 64.4 cm³/mol. The number of thioether (sulfide) groups is 1. The van der Waals surface area contributed by atoms with Crippen LogP contribution in [-0.4, -0.2) is 41.8 Å². The molecule has 0 saturated carbocycles. The highest BCUT2D eigenvalue weighted by atomic mass is 32.2. The summed E-state index contributed by atoms with van der Waals surface area (Å²) in [6.07, 6.45) is 0. The van der Waals surface area contributed by atoms with Crippen LogP contribution in [0.5, 0.6) is 0 Å². The van der Waals surface area contributed by atoms with Crippen LogP contribution in [0.25, 0.3) is 0 Å². The van der Waals surface area contributed by atoms with E-state index in [1.807, 2.05) is 11.9 Å². The minimum absolute atomic E-state index is 0.0225. The second-order valence-electron chi connectivity index (χ2n) is 4.06. The number of Topliss-reactive ketones (excluding diaryl/α,β-unsaturated/α-hetero) is 1. The number of rotatable bonds is 2. The molecule has 0 N–H and O–H groups in total. The molecule has 1 atom stereocenters. The Bertz CT molecular complexity index is 439. The first-order valence-corrected chi connectivity index (χ1v) is 6.52. The molecule has 1 aromatic rings. The first-order chi connectivity index (χ1) is 8.09. The van der Waals surface area contributed by atoms with Gasteiger partial charge >= 0.3 is 0 Å². The smallest absolute Gasteiger partial charge is 0.183 e. The summed E-state index contributed by atoms with van der Waals surface area (Å²) >= 11 is 1.68. The second kappa shape index (κ2) is 5.14. The number of carbonyl (C=O) groups excluding carboxylic acids is 1. The van der Waals surface area contributed by atoms with Crippen molar-refractivity contribution in [3.8, 4) is 0 Å². The fraction of sp³-hybridized carbons (Fsp3) is 0.417. The molecule has 1 aromatic carbocycles. The number of carbonyl (C=O) groups is 1. The molecule has 1 saturated heterocycles. The van der Waals surface area contributed by atoms with Crippen LogP contribution in [0.2, 0.25) is 0 Å². The zero-order valence-corrected chi connectivity index (χ0v) is 10.3. The Morgan fingerprint density at radius 1 is 1.47 bits per heavy atom. The van der Waals surface area contributed by atoms with Crippen LogP contribution in [-0.2, 0) is 0 Å². The molecule has 0 aliphatic carbocycles. The van der Waals surface area contributed by atoms with Gasteiger partial charge in [0.05, 0.1) is 11.6 Å². The van der Waals surface area contributed by atoms with Crippen molar-refractivity contribution in [1.82, 2.24) is 4.90 Å². The number of likely N-dealkylation sites (N-methyl/N-ethyl adjacent to an activating group) is 1. The van der Waals surface area contributed by atoms with Crippen molar-refractivity contribution in [3.63, 3.8) is 0 Å². The van der Waals surface area contributed by atoms with Crippen molar-refractivity contribution in [2.45, 2.75) is 6.04 Å². The fourth-order valence-corrected chi connectivity index (χ4v) is 3.04. The molecule has 0 amide bonds. The van der Waals surface area contributed by atoms with Gasteiger partial charge in [0.25, 0.3) is 0 Å². The summed E-state index contributed by atoms with van der Waals surface area (Å²) in [5.41, 5.74) is -0.0225. The molecule has 5 heteroatoms. The van der Waals surface area contributed by atoms with E-state index in [1.54, 1.807) is 11.8 Å². The van der Waals surface area contributed by atoms with E-state index in [4.69, 9.17) is 0 Å². The fourth-order valence-electron chi connectivity index (χ4n) is 1.83. The largest absolute Gasteiger partial charge is 0.295 e. The van der Waals surface area contributed by atoms with Crippen LogP contribution < -0.4 is 0 Å². The van der Waals surface area contributed by atoms with Crippen LogP contribution in [0, 0.1) is 11.6 Å². The highest BCUT2D eigenvalue weighted by Gasteiger charge is 2.28. The lowest BCUT2D eigenvalue weighted by Gasteiger charge is -2.30. The zero-order chi connectivity index (χ0) is 12.4. The third-order valence-corrected chi connectivity index (χ3v) is 3.92. The van der Waals surface area contributed by atoms with Gasteiger partial charge in [-0.1, -0.05) is 0 Å². The molecule has 0 bridgehead atoms. The lowest BCUT2D eigenvalue weighted by atomic mass is 10.0. The maximum Gasteiger partial charge on any atom is 0.183 e. The van der Waals surface area contributed by atoms with Gasteiger partial charge in [0.2, 0.25) is 0 Å². The molecule has 1 heterocycles. The third kappa shape index (κ3) is 2.66. The van der Waals surface area contributed by atoms with Gasteiger partial charge in [0.1, 0.15) is 11.6 Å². The molecule has 1 aliphatic rings. The summed E-state index contributed by atoms with van der Waals surface area (Å²) in [7, 11) is 1.85. The molecule has 2 nitrogen and oxygen atoms in total. The predicted octanol–water partition coefficient (Wildman–Crippen LogP) is 2.19. The molecular formula is C12H13F2NOS. The van der Waals surface area contributed by atoms with Gasteiger partial charge in [-0.05, 0) is 19.2 Å². The van der Waals surface area contributed by atoms with E-state index in [0.717, 1.165) is 24.4 Å². The monoisotopic (exact) mass is 257 g/mol. The Morgan fingerprint density at radius 3 is 2.88 bits per heavy atom. The number of benzene rings is 1. The van der Waals surface area contributed by atoms with E-state index < -0.39 is 11.6 Å². The van der Waals surface area contributed by atoms with Crippen molar-refractivity contribution < 1.29 is 13.6 Å². The molecule has 92 valence electrons. The summed E-state index contributed by atoms with van der Waals surface area (Å²) in [6, 6.07) is 2.78. The average Bonchev–Trinajstić information content (AvgIpc) is 2.29. The number of nitrogens with zero attached hydrogens (tertiary/aromatic N) is 1. The van der Waals surface area contributed by atoms with Crippen molar-refractivity contribution in [3.05, 3.63) is 35.4 Å². The number of hydrogen-bond acceptors (Lipinski definition) is 3. The maximum absolute atomic E-state index is 13.5. The van der Waals surface area contributed by atoms with Crippen LogP contribution in [0.15, 0.2) is 18.2 Å². The quantitative estimate of drug-likeness (QED) is 0.758. The number of hydrogen-bond donors (Lipinski definition) is 0. The molecule has 0 aromatic heterocycles. The molecule has 2 rings (SSSR count). The minimum atomic E-state index is -0.779. The van der Waals surface area contributed by atoms with E-state index in [-0.39, 0.29) is 17.4 Å². The Kier molecular flexibility index (Phi) is 3.79. The summed E-state index contributed by atoms with van der Waals surface area (Å²) in [5.74, 6) is -0.0696. The average molecular weight is 257 g/mol. The van der Waals surface area contributed by atoms with Gasteiger partial charge < -0.3 is 0 Å². The molecule has 0 spiro atoms. The highest BCUT2D eigenvalue weighted by Crippen LogP contribution is 2.20. The molecule has 17 heavy (non-hydrogen) atoms. The second-order valence-corrected chi connectivity index (χ2v) is 5.21. The minimum Gasteiger partial charge on any atom is -0.295 e. The van der Waals surface area contributed by atoms with E-state index in [1.165, 1.54) is 6.07 Å². The number of halogens is 2. The number of ketones is 1. The van der Waals surface area contributed by atoms with Gasteiger partial charge in [0.15, 0.2) is 5.78 Å². The molecular weight excluding hydrogens is 244 g/mol. The summed E-state index contributed by atoms with van der Waals surface area (Å²) in [5, 5.41) is 0. The first kappa shape index (κ1) is 12.5. The van der Waals surface area contributed by atoms with Gasteiger partial charge in [-0.3, -0.25) is 9.69 Å². The van der Waals surface area contributed by atoms with Crippen LogP contribution in [0.4, 0.5) is 8.78 Å². The van der Waals surface area contributed by atoms with E-state index >= 15 is 0 Å². The maximum atomic E-state index is 13.5.